The van der Waals surface area contributed by atoms with Gasteiger partial charge in [-0.25, -0.2) is 19.2 Å². The summed E-state index contributed by atoms with van der Waals surface area (Å²) in [6.07, 6.45) is 0. The second kappa shape index (κ2) is 19.9. The molecule has 0 heterocycles. The number of rotatable bonds is 4. The molecule has 0 fully saturated rings. The van der Waals surface area contributed by atoms with Gasteiger partial charge < -0.3 is 35.7 Å². The molecule has 0 bridgehead atoms. The van der Waals surface area contributed by atoms with Crippen LogP contribution in [-0.2, 0) is 4.79 Å². The molecule has 0 atom stereocenters. The Hall–Kier alpha value is -6.17. The maximum absolute atomic E-state index is 10.4. The molecule has 0 saturated heterocycles. The van der Waals surface area contributed by atoms with Crippen LogP contribution in [0.25, 0.3) is 0 Å². The van der Waals surface area contributed by atoms with Gasteiger partial charge in [0.2, 0.25) is 0 Å². The van der Waals surface area contributed by atoms with E-state index in [1.54, 1.807) is 48.5 Å². The van der Waals surface area contributed by atoms with Gasteiger partial charge in [-0.15, -0.1) is 0 Å². The van der Waals surface area contributed by atoms with Crippen molar-refractivity contribution >= 4 is 30.3 Å². The molecule has 0 saturated carbocycles. The Labute approximate surface area is 233 Å². The second-order valence-electron chi connectivity index (χ2n) is 7.16. The number of hydrogen-bond acceptors (Lipinski definition) is 7. The summed E-state index contributed by atoms with van der Waals surface area (Å²) < 4.78 is 0. The molecular weight excluding hydrogens is 540 g/mol. The van der Waals surface area contributed by atoms with Crippen molar-refractivity contribution in [1.29, 1.82) is 0 Å². The van der Waals surface area contributed by atoms with Crippen molar-refractivity contribution in [3.63, 3.8) is 0 Å². The van der Waals surface area contributed by atoms with Crippen LogP contribution in [-0.4, -0.2) is 66.1 Å². The predicted octanol–water partition coefficient (Wildman–Crippen LogP) is 4.65. The molecule has 4 aromatic carbocycles. The number of aromatic hydroxyl groups is 2. The molecule has 0 unspecified atom stereocenters. The van der Waals surface area contributed by atoms with Crippen LogP contribution in [0.4, 0.5) is 0 Å². The van der Waals surface area contributed by atoms with Crippen molar-refractivity contribution in [3.8, 4) is 11.5 Å². The van der Waals surface area contributed by atoms with Crippen molar-refractivity contribution in [2.24, 2.45) is 0 Å². The van der Waals surface area contributed by atoms with Crippen molar-refractivity contribution in [3.05, 3.63) is 131 Å². The van der Waals surface area contributed by atoms with Crippen LogP contribution >= 0.6 is 0 Å². The lowest BCUT2D eigenvalue weighted by molar-refractivity contribution is -0.122. The lowest BCUT2D eigenvalue weighted by atomic mass is 10.1. The number of carboxylic acids is 4. The molecule has 0 aliphatic heterocycles. The summed E-state index contributed by atoms with van der Waals surface area (Å²) >= 11 is 0. The molecule has 0 amide bonds. The molecule has 0 aromatic heterocycles. The fourth-order valence-corrected chi connectivity index (χ4v) is 2.40. The highest BCUT2D eigenvalue weighted by molar-refractivity contribution is 5.93. The van der Waals surface area contributed by atoms with Gasteiger partial charge in [-0.3, -0.25) is 4.79 Å². The highest BCUT2D eigenvalue weighted by atomic mass is 16.4. The number of benzene rings is 4. The van der Waals surface area contributed by atoms with E-state index in [1.807, 2.05) is 12.1 Å². The van der Waals surface area contributed by atoms with Gasteiger partial charge in [-0.05, 0) is 66.7 Å². The third-order valence-corrected chi connectivity index (χ3v) is 4.25. The van der Waals surface area contributed by atoms with Gasteiger partial charge in [0.1, 0.15) is 11.5 Å². The van der Waals surface area contributed by atoms with Crippen molar-refractivity contribution in [1.82, 2.24) is 0 Å². The number of aromatic carboxylic acids is 4. The standard InChI is InChI=1S/2C8H6O4.2C6H6O.CH2O2/c9-7(10)5-1-2-6(4-3-5)8(11)12;9-7(10)5-2-1-3-6(4-5)8(11)12;2*7-6-4-2-1-3-5-6;2-1-3/h2*1-4H,(H,9,10)(H,11,12);2*1-5,7H;1H,(H,2,3). The zero-order valence-electron chi connectivity index (χ0n) is 21.1. The fraction of sp³-hybridized carbons (Fsp3) is 0. The van der Waals surface area contributed by atoms with Crippen LogP contribution in [0.2, 0.25) is 0 Å². The minimum Gasteiger partial charge on any atom is -0.508 e. The molecule has 4 aromatic rings. The van der Waals surface area contributed by atoms with Gasteiger partial charge in [0, 0.05) is 0 Å². The quantitative estimate of drug-likeness (QED) is 0.167. The fourth-order valence-electron chi connectivity index (χ4n) is 2.40. The van der Waals surface area contributed by atoms with Crippen LogP contribution in [0.15, 0.2) is 109 Å². The van der Waals surface area contributed by atoms with E-state index in [1.165, 1.54) is 42.5 Å². The van der Waals surface area contributed by atoms with Gasteiger partial charge in [0.25, 0.3) is 6.47 Å². The Morgan fingerprint density at radius 1 is 0.439 bits per heavy atom. The van der Waals surface area contributed by atoms with Gasteiger partial charge >= 0.3 is 23.9 Å². The van der Waals surface area contributed by atoms with E-state index in [2.05, 4.69) is 0 Å². The Balaban J connectivity index is 0.000000517. The predicted molar refractivity (Wildman–Crippen MR) is 146 cm³/mol. The average Bonchev–Trinajstić information content (AvgIpc) is 2.95. The summed E-state index contributed by atoms with van der Waals surface area (Å²) in [7, 11) is 0. The number of phenols is 2. The first-order valence-corrected chi connectivity index (χ1v) is 11.1. The highest BCUT2D eigenvalue weighted by Crippen LogP contribution is 2.06. The SMILES string of the molecule is O=C(O)c1ccc(C(=O)O)cc1.O=C(O)c1cccc(C(=O)O)c1.O=CO.Oc1ccccc1.Oc1ccccc1. The summed E-state index contributed by atoms with van der Waals surface area (Å²) in [5.74, 6) is -3.74. The Kier molecular flexibility index (Phi) is 16.9. The topological polar surface area (TPSA) is 227 Å². The van der Waals surface area contributed by atoms with Crippen LogP contribution in [0, 0.1) is 0 Å². The molecular formula is C29H26O12. The van der Waals surface area contributed by atoms with Crippen molar-refractivity contribution < 1.29 is 59.7 Å². The molecule has 0 aliphatic carbocycles. The van der Waals surface area contributed by atoms with E-state index >= 15 is 0 Å². The van der Waals surface area contributed by atoms with Crippen molar-refractivity contribution in [2.45, 2.75) is 0 Å². The van der Waals surface area contributed by atoms with Crippen LogP contribution in [0.1, 0.15) is 41.4 Å². The minimum absolute atomic E-state index is 0.0186. The summed E-state index contributed by atoms with van der Waals surface area (Å²) in [6.45, 7) is -0.250. The van der Waals surface area contributed by atoms with E-state index in [0.717, 1.165) is 6.07 Å². The minimum atomic E-state index is -1.13. The van der Waals surface area contributed by atoms with E-state index < -0.39 is 23.9 Å². The molecule has 4 rings (SSSR count). The summed E-state index contributed by atoms with van der Waals surface area (Å²) in [5.41, 5.74) is 0.129. The van der Waals surface area contributed by atoms with Gasteiger partial charge in [0.15, 0.2) is 0 Å². The first-order chi connectivity index (χ1) is 19.4. The van der Waals surface area contributed by atoms with Crippen molar-refractivity contribution in [2.75, 3.05) is 0 Å². The number of para-hydroxylation sites is 2. The van der Waals surface area contributed by atoms with Crippen LogP contribution < -0.4 is 0 Å². The molecule has 12 heteroatoms. The zero-order valence-corrected chi connectivity index (χ0v) is 21.1. The third-order valence-electron chi connectivity index (χ3n) is 4.25. The first-order valence-electron chi connectivity index (χ1n) is 11.1. The number of hydrogen-bond donors (Lipinski definition) is 7. The third kappa shape index (κ3) is 16.3. The molecule has 0 radical (unpaired) electrons. The van der Waals surface area contributed by atoms with Gasteiger partial charge in [-0.2, -0.15) is 0 Å². The molecule has 12 nitrogen and oxygen atoms in total. The summed E-state index contributed by atoms with van der Waals surface area (Å²) in [4.78, 5) is 49.8. The second-order valence-corrected chi connectivity index (χ2v) is 7.16. The molecule has 214 valence electrons. The Morgan fingerprint density at radius 3 is 0.902 bits per heavy atom. The number of carboxylic acid groups (broad SMARTS) is 5. The monoisotopic (exact) mass is 566 g/mol. The van der Waals surface area contributed by atoms with E-state index in [9.17, 15) is 19.2 Å². The molecule has 7 N–H and O–H groups in total. The van der Waals surface area contributed by atoms with E-state index in [0.29, 0.717) is 11.5 Å². The van der Waals surface area contributed by atoms with E-state index in [4.69, 9.17) is 40.5 Å². The molecule has 0 aliphatic rings. The smallest absolute Gasteiger partial charge is 0.335 e. The lowest BCUT2D eigenvalue weighted by Gasteiger charge is -1.95. The summed E-state index contributed by atoms with van der Waals surface area (Å²) in [5, 5.41) is 58.1. The first kappa shape index (κ1) is 34.8. The number of carbonyl (C=O) groups is 5. The van der Waals surface area contributed by atoms with E-state index in [-0.39, 0.29) is 28.7 Å². The highest BCUT2D eigenvalue weighted by Gasteiger charge is 2.07. The Morgan fingerprint density at radius 2 is 0.707 bits per heavy atom. The maximum Gasteiger partial charge on any atom is 0.335 e. The average molecular weight is 567 g/mol. The van der Waals surface area contributed by atoms with Crippen LogP contribution in [0.3, 0.4) is 0 Å². The van der Waals surface area contributed by atoms with Gasteiger partial charge in [-0.1, -0.05) is 42.5 Å². The summed E-state index contributed by atoms with van der Waals surface area (Å²) in [6, 6.07) is 27.6. The molecule has 0 spiro atoms. The lowest BCUT2D eigenvalue weighted by Crippen LogP contribution is -2.01. The van der Waals surface area contributed by atoms with Gasteiger partial charge in [0.05, 0.1) is 22.3 Å². The maximum atomic E-state index is 10.4. The normalized spacial score (nSPS) is 8.68. The largest absolute Gasteiger partial charge is 0.508 e. The van der Waals surface area contributed by atoms with Crippen LogP contribution in [0.5, 0.6) is 11.5 Å². The molecule has 41 heavy (non-hydrogen) atoms. The zero-order chi connectivity index (χ0) is 31.2. The Bertz CT molecular complexity index is 1270. The number of phenolic OH excluding ortho intramolecular Hbond substituents is 2.